The van der Waals surface area contributed by atoms with E-state index >= 15 is 0 Å². The van der Waals surface area contributed by atoms with E-state index in [4.69, 9.17) is 17.4 Å². The van der Waals surface area contributed by atoms with Crippen molar-refractivity contribution in [1.82, 2.24) is 15.2 Å². The summed E-state index contributed by atoms with van der Waals surface area (Å²) in [5.41, 5.74) is 4.85. The summed E-state index contributed by atoms with van der Waals surface area (Å²) in [5, 5.41) is 4.97. The van der Waals surface area contributed by atoms with Crippen molar-refractivity contribution in [3.05, 3.63) is 46.7 Å². The van der Waals surface area contributed by atoms with Crippen molar-refractivity contribution in [3.63, 3.8) is 0 Å². The van der Waals surface area contributed by atoms with Gasteiger partial charge in [0.05, 0.1) is 23.0 Å². The summed E-state index contributed by atoms with van der Waals surface area (Å²) in [6.07, 6.45) is 2.67. The average Bonchev–Trinajstić information content (AvgIpc) is 2.84. The van der Waals surface area contributed by atoms with E-state index in [1.54, 1.807) is 6.20 Å². The standard InChI is InChI=1S/C15H21ClN4S/c1-3-9-20-15(13(16)10-18-20)14(19-17)11-5-7-12(8-6-11)21-4-2/h5-8,10,14,19H,3-4,9,17H2,1-2H3. The van der Waals surface area contributed by atoms with Crippen LogP contribution in [0.15, 0.2) is 35.4 Å². The number of hydrogen-bond donors (Lipinski definition) is 2. The minimum absolute atomic E-state index is 0.160. The Bertz CT molecular complexity index is 568. The second-order valence-corrected chi connectivity index (χ2v) is 6.45. The fourth-order valence-corrected chi connectivity index (χ4v) is 3.22. The predicted molar refractivity (Wildman–Crippen MR) is 89.5 cm³/mol. The Hall–Kier alpha value is -1.01. The van der Waals surface area contributed by atoms with Gasteiger partial charge < -0.3 is 0 Å². The fraction of sp³-hybridized carbons (Fsp3) is 0.400. The van der Waals surface area contributed by atoms with Crippen LogP contribution < -0.4 is 11.3 Å². The van der Waals surface area contributed by atoms with Crippen LogP contribution in [0.2, 0.25) is 5.02 Å². The van der Waals surface area contributed by atoms with Crippen molar-refractivity contribution in [2.45, 2.75) is 37.8 Å². The predicted octanol–water partition coefficient (Wildman–Crippen LogP) is 3.61. The van der Waals surface area contributed by atoms with E-state index < -0.39 is 0 Å². The minimum Gasteiger partial charge on any atom is -0.271 e. The van der Waals surface area contributed by atoms with Gasteiger partial charge in [0, 0.05) is 11.4 Å². The molecule has 1 heterocycles. The maximum absolute atomic E-state index is 6.30. The van der Waals surface area contributed by atoms with E-state index in [0.717, 1.165) is 30.0 Å². The highest BCUT2D eigenvalue weighted by molar-refractivity contribution is 7.99. The lowest BCUT2D eigenvalue weighted by molar-refractivity contribution is 0.521. The van der Waals surface area contributed by atoms with Gasteiger partial charge in [0.2, 0.25) is 0 Å². The number of hydrogen-bond acceptors (Lipinski definition) is 4. The molecule has 1 atom stereocenters. The number of halogens is 1. The highest BCUT2D eigenvalue weighted by Crippen LogP contribution is 2.29. The number of aryl methyl sites for hydroxylation is 1. The molecule has 2 aromatic rings. The van der Waals surface area contributed by atoms with Crippen LogP contribution in [0, 0.1) is 0 Å². The first kappa shape index (κ1) is 16.4. The number of rotatable bonds is 7. The lowest BCUT2D eigenvalue weighted by Crippen LogP contribution is -2.31. The Morgan fingerprint density at radius 2 is 2.05 bits per heavy atom. The number of hydrazine groups is 1. The van der Waals surface area contributed by atoms with E-state index in [-0.39, 0.29) is 6.04 Å². The van der Waals surface area contributed by atoms with Crippen LogP contribution in [-0.2, 0) is 6.54 Å². The Kier molecular flexibility index (Phi) is 6.11. The molecule has 114 valence electrons. The van der Waals surface area contributed by atoms with E-state index in [2.05, 4.69) is 48.6 Å². The first-order chi connectivity index (χ1) is 10.2. The molecule has 0 bridgehead atoms. The van der Waals surface area contributed by atoms with Gasteiger partial charge in [-0.25, -0.2) is 5.43 Å². The molecule has 1 aromatic carbocycles. The van der Waals surface area contributed by atoms with Gasteiger partial charge in [-0.15, -0.1) is 11.8 Å². The summed E-state index contributed by atoms with van der Waals surface area (Å²) in [4.78, 5) is 1.25. The number of benzene rings is 1. The van der Waals surface area contributed by atoms with Crippen molar-refractivity contribution in [1.29, 1.82) is 0 Å². The zero-order valence-corrected chi connectivity index (χ0v) is 13.9. The number of nitrogens with one attached hydrogen (secondary N) is 1. The van der Waals surface area contributed by atoms with Gasteiger partial charge in [-0.1, -0.05) is 37.6 Å². The highest BCUT2D eigenvalue weighted by atomic mass is 35.5. The zero-order chi connectivity index (χ0) is 15.2. The summed E-state index contributed by atoms with van der Waals surface area (Å²) >= 11 is 8.12. The maximum Gasteiger partial charge on any atom is 0.0893 e. The number of aromatic nitrogens is 2. The molecule has 0 saturated heterocycles. The number of thioether (sulfide) groups is 1. The Morgan fingerprint density at radius 1 is 1.33 bits per heavy atom. The van der Waals surface area contributed by atoms with Crippen LogP contribution in [-0.4, -0.2) is 15.5 Å². The molecular weight excluding hydrogens is 304 g/mol. The topological polar surface area (TPSA) is 55.9 Å². The molecule has 3 N–H and O–H groups in total. The summed E-state index contributed by atoms with van der Waals surface area (Å²) in [6, 6.07) is 8.24. The largest absolute Gasteiger partial charge is 0.271 e. The van der Waals surface area contributed by atoms with Crippen molar-refractivity contribution < 1.29 is 0 Å². The fourth-order valence-electron chi connectivity index (χ4n) is 2.31. The van der Waals surface area contributed by atoms with Gasteiger partial charge in [0.25, 0.3) is 0 Å². The molecule has 0 spiro atoms. The number of nitrogens with two attached hydrogens (primary N) is 1. The molecule has 0 saturated carbocycles. The quantitative estimate of drug-likeness (QED) is 0.464. The summed E-state index contributed by atoms with van der Waals surface area (Å²) in [5.74, 6) is 6.83. The molecule has 6 heteroatoms. The molecule has 1 unspecified atom stereocenters. The van der Waals surface area contributed by atoms with E-state index in [0.29, 0.717) is 5.02 Å². The van der Waals surface area contributed by atoms with Crippen molar-refractivity contribution >= 4 is 23.4 Å². The van der Waals surface area contributed by atoms with Gasteiger partial charge in [-0.05, 0) is 29.9 Å². The van der Waals surface area contributed by atoms with Crippen LogP contribution in [0.1, 0.15) is 37.6 Å². The van der Waals surface area contributed by atoms with Crippen molar-refractivity contribution in [3.8, 4) is 0 Å². The molecule has 21 heavy (non-hydrogen) atoms. The van der Waals surface area contributed by atoms with Crippen molar-refractivity contribution in [2.75, 3.05) is 5.75 Å². The molecule has 0 radical (unpaired) electrons. The second kappa shape index (κ2) is 7.84. The molecule has 0 aliphatic heterocycles. The lowest BCUT2D eigenvalue weighted by atomic mass is 10.0. The lowest BCUT2D eigenvalue weighted by Gasteiger charge is -2.19. The van der Waals surface area contributed by atoms with Crippen LogP contribution >= 0.6 is 23.4 Å². The van der Waals surface area contributed by atoms with Gasteiger partial charge in [-0.3, -0.25) is 10.5 Å². The molecule has 0 fully saturated rings. The Labute approximate surface area is 135 Å². The monoisotopic (exact) mass is 324 g/mol. The van der Waals surface area contributed by atoms with E-state index in [9.17, 15) is 0 Å². The Balaban J connectivity index is 2.32. The molecular formula is C15H21ClN4S. The third-order valence-corrected chi connectivity index (χ3v) is 4.42. The molecule has 0 amide bonds. The first-order valence-electron chi connectivity index (χ1n) is 7.11. The zero-order valence-electron chi connectivity index (χ0n) is 12.3. The molecule has 1 aromatic heterocycles. The van der Waals surface area contributed by atoms with E-state index in [1.807, 2.05) is 16.4 Å². The molecule has 2 rings (SSSR count). The van der Waals surface area contributed by atoms with Gasteiger partial charge in [-0.2, -0.15) is 5.10 Å². The Morgan fingerprint density at radius 3 is 2.62 bits per heavy atom. The summed E-state index contributed by atoms with van der Waals surface area (Å²) < 4.78 is 1.92. The van der Waals surface area contributed by atoms with Crippen LogP contribution in [0.5, 0.6) is 0 Å². The van der Waals surface area contributed by atoms with Gasteiger partial charge >= 0.3 is 0 Å². The first-order valence-corrected chi connectivity index (χ1v) is 8.47. The molecule has 0 aliphatic carbocycles. The third kappa shape index (κ3) is 3.80. The average molecular weight is 325 g/mol. The summed E-state index contributed by atoms with van der Waals surface area (Å²) in [7, 11) is 0. The molecule has 0 aliphatic rings. The van der Waals surface area contributed by atoms with Crippen molar-refractivity contribution in [2.24, 2.45) is 5.84 Å². The summed E-state index contributed by atoms with van der Waals surface area (Å²) in [6.45, 7) is 5.08. The molecule has 4 nitrogen and oxygen atoms in total. The SMILES string of the molecule is CCCn1ncc(Cl)c1C(NN)c1ccc(SCC)cc1. The van der Waals surface area contributed by atoms with Gasteiger partial charge in [0.15, 0.2) is 0 Å². The number of nitrogens with zero attached hydrogens (tertiary/aromatic N) is 2. The van der Waals surface area contributed by atoms with Gasteiger partial charge in [0.1, 0.15) is 0 Å². The maximum atomic E-state index is 6.30. The van der Waals surface area contributed by atoms with Crippen LogP contribution in [0.4, 0.5) is 0 Å². The van der Waals surface area contributed by atoms with E-state index in [1.165, 1.54) is 4.90 Å². The second-order valence-electron chi connectivity index (χ2n) is 4.70. The highest BCUT2D eigenvalue weighted by Gasteiger charge is 2.20. The minimum atomic E-state index is -0.160. The van der Waals surface area contributed by atoms with Crippen LogP contribution in [0.25, 0.3) is 0 Å². The van der Waals surface area contributed by atoms with Crippen LogP contribution in [0.3, 0.4) is 0 Å². The smallest absolute Gasteiger partial charge is 0.0893 e. The third-order valence-electron chi connectivity index (χ3n) is 3.23. The normalized spacial score (nSPS) is 12.6.